The van der Waals surface area contributed by atoms with Gasteiger partial charge in [-0.25, -0.2) is 0 Å². The van der Waals surface area contributed by atoms with Crippen molar-refractivity contribution in [1.82, 2.24) is 0 Å². The first-order chi connectivity index (χ1) is 6.42. The van der Waals surface area contributed by atoms with Crippen molar-refractivity contribution in [2.24, 2.45) is 5.41 Å². The van der Waals surface area contributed by atoms with E-state index in [2.05, 4.69) is 25.6 Å². The minimum Gasteiger partial charge on any atom is -0.314 e. The number of hydrogen-bond donors (Lipinski definition) is 0. The van der Waals surface area contributed by atoms with Gasteiger partial charge in [0.1, 0.15) is 0 Å². The fourth-order valence-corrected chi connectivity index (χ4v) is 1.25. The fourth-order valence-electron chi connectivity index (χ4n) is 1.25. The van der Waals surface area contributed by atoms with Crippen molar-refractivity contribution in [1.29, 1.82) is 0 Å². The Morgan fingerprint density at radius 2 is 1.71 bits per heavy atom. The number of hydrogen-bond acceptors (Lipinski definition) is 3. The minimum atomic E-state index is -0.727. The molecule has 0 aromatic heterocycles. The zero-order valence-corrected chi connectivity index (χ0v) is 9.41. The third-order valence-electron chi connectivity index (χ3n) is 2.02. The molecule has 0 unspecified atom stereocenters. The van der Waals surface area contributed by atoms with Crippen molar-refractivity contribution >= 4 is 0 Å². The molecule has 0 heterocycles. The lowest BCUT2D eigenvalue weighted by molar-refractivity contribution is -0.757. The highest BCUT2D eigenvalue weighted by Gasteiger charge is 2.08. The van der Waals surface area contributed by atoms with Crippen LogP contribution in [0.2, 0.25) is 0 Å². The molecule has 0 N–H and O–H groups in total. The molecule has 0 aliphatic carbocycles. The summed E-state index contributed by atoms with van der Waals surface area (Å²) < 4.78 is 0. The molecule has 4 nitrogen and oxygen atoms in total. The van der Waals surface area contributed by atoms with E-state index in [-0.39, 0.29) is 6.61 Å². The minimum absolute atomic E-state index is 0.239. The highest BCUT2D eigenvalue weighted by Crippen LogP contribution is 2.22. The lowest BCUT2D eigenvalue weighted by Crippen LogP contribution is -2.04. The van der Waals surface area contributed by atoms with Crippen molar-refractivity contribution in [3.63, 3.8) is 0 Å². The van der Waals surface area contributed by atoms with Gasteiger partial charge in [-0.2, -0.15) is 0 Å². The van der Waals surface area contributed by atoms with Gasteiger partial charge in [-0.05, 0) is 18.3 Å². The second kappa shape index (κ2) is 6.62. The van der Waals surface area contributed by atoms with Gasteiger partial charge in [-0.1, -0.05) is 40.0 Å². The summed E-state index contributed by atoms with van der Waals surface area (Å²) in [6.45, 7) is 6.91. The van der Waals surface area contributed by atoms with E-state index in [0.29, 0.717) is 5.41 Å². The van der Waals surface area contributed by atoms with Gasteiger partial charge in [0.25, 0.3) is 5.09 Å². The van der Waals surface area contributed by atoms with E-state index in [1.165, 1.54) is 12.8 Å². The van der Waals surface area contributed by atoms with Gasteiger partial charge in [0.2, 0.25) is 0 Å². The summed E-state index contributed by atoms with van der Waals surface area (Å²) in [5.41, 5.74) is 0.400. The molecule has 84 valence electrons. The number of unbranched alkanes of at least 4 members (excludes halogenated alkanes) is 3. The lowest BCUT2D eigenvalue weighted by atomic mass is 9.89. The maximum atomic E-state index is 9.80. The molecule has 0 aliphatic heterocycles. The third kappa shape index (κ3) is 11.2. The lowest BCUT2D eigenvalue weighted by Gasteiger charge is -2.17. The van der Waals surface area contributed by atoms with Crippen LogP contribution in [0.5, 0.6) is 0 Å². The molecule has 0 atom stereocenters. The molecule has 0 rings (SSSR count). The Morgan fingerprint density at radius 1 is 1.14 bits per heavy atom. The molecule has 0 bridgehead atoms. The smallest absolute Gasteiger partial charge is 0.294 e. The molecule has 0 saturated heterocycles. The Hall–Kier alpha value is -0.800. The first kappa shape index (κ1) is 13.2. The summed E-state index contributed by atoms with van der Waals surface area (Å²) >= 11 is 0. The van der Waals surface area contributed by atoms with E-state index in [9.17, 15) is 10.1 Å². The van der Waals surface area contributed by atoms with Crippen molar-refractivity contribution in [3.05, 3.63) is 10.1 Å². The Morgan fingerprint density at radius 3 is 2.21 bits per heavy atom. The van der Waals surface area contributed by atoms with Gasteiger partial charge < -0.3 is 4.84 Å². The summed E-state index contributed by atoms with van der Waals surface area (Å²) in [5.74, 6) is 0. The Labute approximate surface area is 85.7 Å². The van der Waals surface area contributed by atoms with E-state index >= 15 is 0 Å². The summed E-state index contributed by atoms with van der Waals surface area (Å²) in [4.78, 5) is 14.0. The molecule has 4 heteroatoms. The normalized spacial score (nSPS) is 11.4. The largest absolute Gasteiger partial charge is 0.314 e. The zero-order valence-electron chi connectivity index (χ0n) is 9.41. The van der Waals surface area contributed by atoms with Gasteiger partial charge in [0, 0.05) is 0 Å². The highest BCUT2D eigenvalue weighted by molar-refractivity contribution is 4.60. The average Bonchev–Trinajstić information content (AvgIpc) is 2.00. The maximum absolute atomic E-state index is 9.80. The van der Waals surface area contributed by atoms with Crippen LogP contribution in [-0.2, 0) is 4.84 Å². The SMILES string of the molecule is CC(C)(C)CCCCCCO[N+](=O)[O-]. The first-order valence-electron chi connectivity index (χ1n) is 5.19. The van der Waals surface area contributed by atoms with Gasteiger partial charge in [-0.15, -0.1) is 10.1 Å². The Kier molecular flexibility index (Phi) is 6.25. The molecule has 0 fully saturated rings. The molecule has 0 spiro atoms. The van der Waals surface area contributed by atoms with Crippen molar-refractivity contribution < 1.29 is 9.92 Å². The van der Waals surface area contributed by atoms with Crippen LogP contribution in [0.4, 0.5) is 0 Å². The van der Waals surface area contributed by atoms with Crippen molar-refractivity contribution in [2.45, 2.75) is 52.9 Å². The zero-order chi connectivity index (χ0) is 11.0. The predicted molar refractivity (Wildman–Crippen MR) is 55.5 cm³/mol. The molecule has 0 amide bonds. The molecular weight excluding hydrogens is 182 g/mol. The van der Waals surface area contributed by atoms with Crippen LogP contribution in [0.1, 0.15) is 52.9 Å². The quantitative estimate of drug-likeness (QED) is 0.362. The van der Waals surface area contributed by atoms with Crippen molar-refractivity contribution in [3.8, 4) is 0 Å². The second-order valence-electron chi connectivity index (χ2n) is 4.78. The average molecular weight is 203 g/mol. The van der Waals surface area contributed by atoms with E-state index in [0.717, 1.165) is 19.3 Å². The number of rotatable bonds is 7. The van der Waals surface area contributed by atoms with Gasteiger partial charge in [0.05, 0.1) is 6.61 Å². The van der Waals surface area contributed by atoms with Crippen LogP contribution in [0, 0.1) is 15.5 Å². The molecule has 0 radical (unpaired) electrons. The summed E-state index contributed by atoms with van der Waals surface area (Å²) in [7, 11) is 0. The molecule has 0 aromatic rings. The van der Waals surface area contributed by atoms with Crippen LogP contribution < -0.4 is 0 Å². The van der Waals surface area contributed by atoms with E-state index in [4.69, 9.17) is 0 Å². The standard InChI is InChI=1S/C10H21NO3/c1-10(2,3)8-6-4-5-7-9-14-11(12)13/h4-9H2,1-3H3. The van der Waals surface area contributed by atoms with Crippen LogP contribution >= 0.6 is 0 Å². The van der Waals surface area contributed by atoms with Crippen LogP contribution in [-0.4, -0.2) is 11.7 Å². The summed E-state index contributed by atoms with van der Waals surface area (Å²) in [5, 5.41) is 9.08. The van der Waals surface area contributed by atoms with E-state index in [1.54, 1.807) is 0 Å². The van der Waals surface area contributed by atoms with E-state index < -0.39 is 5.09 Å². The molecule has 0 aliphatic rings. The Balaban J connectivity index is 3.11. The molecular formula is C10H21NO3. The molecule has 14 heavy (non-hydrogen) atoms. The Bertz CT molecular complexity index is 163. The van der Waals surface area contributed by atoms with Crippen LogP contribution in [0.3, 0.4) is 0 Å². The van der Waals surface area contributed by atoms with Crippen molar-refractivity contribution in [2.75, 3.05) is 6.61 Å². The summed E-state index contributed by atoms with van der Waals surface area (Å²) in [6.07, 6.45) is 5.35. The van der Waals surface area contributed by atoms with Gasteiger partial charge in [0.15, 0.2) is 0 Å². The van der Waals surface area contributed by atoms with E-state index in [1.807, 2.05) is 0 Å². The number of nitrogens with zero attached hydrogens (tertiary/aromatic N) is 1. The first-order valence-corrected chi connectivity index (χ1v) is 5.19. The second-order valence-corrected chi connectivity index (χ2v) is 4.78. The highest BCUT2D eigenvalue weighted by atomic mass is 16.9. The maximum Gasteiger partial charge on any atom is 0.294 e. The third-order valence-corrected chi connectivity index (χ3v) is 2.02. The van der Waals surface area contributed by atoms with Crippen LogP contribution in [0.15, 0.2) is 0 Å². The fraction of sp³-hybridized carbons (Fsp3) is 1.00. The van der Waals surface area contributed by atoms with Gasteiger partial charge >= 0.3 is 0 Å². The monoisotopic (exact) mass is 203 g/mol. The van der Waals surface area contributed by atoms with Gasteiger partial charge in [-0.3, -0.25) is 0 Å². The molecule has 0 saturated carbocycles. The van der Waals surface area contributed by atoms with Crippen LogP contribution in [0.25, 0.3) is 0 Å². The topological polar surface area (TPSA) is 52.4 Å². The summed E-state index contributed by atoms with van der Waals surface area (Å²) in [6, 6.07) is 0. The predicted octanol–water partition coefficient (Wildman–Crippen LogP) is 3.19. The molecule has 0 aromatic carbocycles.